The van der Waals surface area contributed by atoms with Crippen LogP contribution >= 0.6 is 15.6 Å². The minimum atomic E-state index is -4.93. The number of unbranched alkanes of at least 4 members (excludes halogenated alkanes) is 30. The molecule has 0 heterocycles. The molecule has 538 valence electrons. The third-order valence-corrected chi connectivity index (χ3v) is 17.2. The van der Waals surface area contributed by atoms with Gasteiger partial charge in [0.05, 0.1) is 26.4 Å². The first-order chi connectivity index (χ1) is 45.2. The monoisotopic (exact) mass is 1350 g/mol. The smallest absolute Gasteiger partial charge is 0.463 e. The van der Waals surface area contributed by atoms with Gasteiger partial charge in [0, 0.05) is 19.3 Å². The molecule has 0 aromatic heterocycles. The molecular weight excluding hydrogens is 1220 g/mol. The maximum atomic E-state index is 13.0. The van der Waals surface area contributed by atoms with E-state index in [1.807, 2.05) is 0 Å². The van der Waals surface area contributed by atoms with E-state index >= 15 is 0 Å². The molecule has 0 bridgehead atoms. The molecule has 5 unspecified atom stereocenters. The zero-order valence-electron chi connectivity index (χ0n) is 58.4. The SMILES string of the molecule is CCCCC/C=C\C/C=C\C/C=C\C/C=C\CCCCCCCC(=O)OCC(O)COP(=O)(O)OCC(O)COP(=O)(O)OCC(COC(=O)CCCCCCC/C=C\C/C=C\C/C=C\C/C=C\CCCCC)OC(=O)CCCCCCCCCCCCCCCCC. The Balaban J connectivity index is 4.69. The standard InChI is InChI=1S/C75H132O16P2/c1-4-7-10-13-16-19-22-25-28-30-32-34-36-38-41-43-46-49-52-55-58-61-73(78)85-64-70(76)65-87-92(81,82)88-66-71(77)67-89-93(83,84)90-69-72(91-75(80)63-60-57-54-51-48-45-40-27-24-21-18-15-12-9-6-3)68-86-74(79)62-59-56-53-50-47-44-42-39-37-35-33-31-29-26-23-20-17-14-11-8-5-2/h16-17,19-20,25-26,28-29,32-35,38-39,41-42,70-72,76-77H,4-15,18,21-24,27,30-31,36-37,40,43-69H2,1-3H3,(H,81,82)(H,83,84)/b19-16-,20-17-,28-25-,29-26-,34-32-,35-33-,41-38-,42-39-. The van der Waals surface area contributed by atoms with E-state index < -0.39 is 91.5 Å². The Morgan fingerprint density at radius 1 is 0.301 bits per heavy atom. The summed E-state index contributed by atoms with van der Waals surface area (Å²) in [6.45, 7) is 2.60. The van der Waals surface area contributed by atoms with Crippen LogP contribution in [-0.4, -0.2) is 95.9 Å². The third-order valence-electron chi connectivity index (χ3n) is 15.3. The van der Waals surface area contributed by atoms with Gasteiger partial charge in [-0.3, -0.25) is 32.5 Å². The van der Waals surface area contributed by atoms with Crippen molar-refractivity contribution in [3.8, 4) is 0 Å². The molecule has 0 saturated heterocycles. The highest BCUT2D eigenvalue weighted by molar-refractivity contribution is 7.47. The van der Waals surface area contributed by atoms with Crippen LogP contribution in [-0.2, 0) is 55.8 Å². The van der Waals surface area contributed by atoms with Gasteiger partial charge in [-0.2, -0.15) is 0 Å². The lowest BCUT2D eigenvalue weighted by Crippen LogP contribution is -2.30. The molecule has 0 spiro atoms. The van der Waals surface area contributed by atoms with Crippen molar-refractivity contribution < 1.29 is 75.8 Å². The van der Waals surface area contributed by atoms with E-state index in [2.05, 4.69) is 118 Å². The average molecular weight is 1350 g/mol. The summed E-state index contributed by atoms with van der Waals surface area (Å²) in [7, 11) is -9.79. The number of phosphoric ester groups is 2. The normalized spacial score (nSPS) is 14.7. The fourth-order valence-corrected chi connectivity index (χ4v) is 11.2. The first kappa shape index (κ1) is 89.5. The molecule has 0 aliphatic rings. The van der Waals surface area contributed by atoms with Crippen molar-refractivity contribution in [3.05, 3.63) is 97.2 Å². The highest BCUT2D eigenvalue weighted by Gasteiger charge is 2.29. The third kappa shape index (κ3) is 69.6. The molecule has 0 fully saturated rings. The van der Waals surface area contributed by atoms with Crippen LogP contribution in [0.1, 0.15) is 303 Å². The van der Waals surface area contributed by atoms with E-state index in [0.29, 0.717) is 19.3 Å². The maximum absolute atomic E-state index is 13.0. The van der Waals surface area contributed by atoms with E-state index in [-0.39, 0.29) is 19.3 Å². The number of allylic oxidation sites excluding steroid dienone is 16. The number of carbonyl (C=O) groups is 3. The molecule has 0 aliphatic carbocycles. The number of ether oxygens (including phenoxy) is 3. The summed E-state index contributed by atoms with van der Waals surface area (Å²) in [6, 6.07) is 0. The summed E-state index contributed by atoms with van der Waals surface area (Å²) in [5.41, 5.74) is 0. The van der Waals surface area contributed by atoms with Crippen molar-refractivity contribution in [1.82, 2.24) is 0 Å². The lowest BCUT2D eigenvalue weighted by atomic mass is 10.0. The van der Waals surface area contributed by atoms with Crippen LogP contribution in [0.2, 0.25) is 0 Å². The van der Waals surface area contributed by atoms with E-state index in [1.165, 1.54) is 116 Å². The summed E-state index contributed by atoms with van der Waals surface area (Å²) >= 11 is 0. The number of hydrogen-bond donors (Lipinski definition) is 4. The van der Waals surface area contributed by atoms with Crippen LogP contribution in [0.3, 0.4) is 0 Å². The molecule has 18 heteroatoms. The summed E-state index contributed by atoms with van der Waals surface area (Å²) in [5, 5.41) is 20.6. The van der Waals surface area contributed by atoms with Gasteiger partial charge in [0.15, 0.2) is 6.10 Å². The van der Waals surface area contributed by atoms with Gasteiger partial charge in [-0.15, -0.1) is 0 Å². The maximum Gasteiger partial charge on any atom is 0.472 e. The molecule has 0 radical (unpaired) electrons. The predicted molar refractivity (Wildman–Crippen MR) is 381 cm³/mol. The minimum absolute atomic E-state index is 0.102. The van der Waals surface area contributed by atoms with Crippen molar-refractivity contribution in [3.63, 3.8) is 0 Å². The Morgan fingerprint density at radius 3 is 0.871 bits per heavy atom. The Labute approximate surface area is 565 Å². The first-order valence-corrected chi connectivity index (χ1v) is 39.5. The number of aliphatic hydroxyl groups excluding tert-OH is 2. The summed E-state index contributed by atoms with van der Waals surface area (Å²) < 4.78 is 61.0. The van der Waals surface area contributed by atoms with Gasteiger partial charge in [0.2, 0.25) is 0 Å². The molecule has 0 aliphatic heterocycles. The van der Waals surface area contributed by atoms with Gasteiger partial charge in [-0.1, -0.05) is 272 Å². The zero-order chi connectivity index (χ0) is 68.1. The van der Waals surface area contributed by atoms with E-state index in [9.17, 15) is 43.5 Å². The molecule has 0 rings (SSSR count). The molecular formula is C75H132O16P2. The topological polar surface area (TPSA) is 231 Å². The van der Waals surface area contributed by atoms with Gasteiger partial charge >= 0.3 is 33.6 Å². The Kier molecular flexibility index (Phi) is 65.8. The van der Waals surface area contributed by atoms with E-state index in [1.54, 1.807) is 0 Å². The molecule has 93 heavy (non-hydrogen) atoms. The molecule has 0 amide bonds. The van der Waals surface area contributed by atoms with Crippen molar-refractivity contribution in [2.75, 3.05) is 39.6 Å². The highest BCUT2D eigenvalue weighted by atomic mass is 31.2. The van der Waals surface area contributed by atoms with Crippen LogP contribution in [0.15, 0.2) is 97.2 Å². The molecule has 5 atom stereocenters. The van der Waals surface area contributed by atoms with Crippen molar-refractivity contribution in [2.24, 2.45) is 0 Å². The molecule has 4 N–H and O–H groups in total. The summed E-state index contributed by atoms with van der Waals surface area (Å²) in [5.74, 6) is -1.60. The number of phosphoric acid groups is 2. The largest absolute Gasteiger partial charge is 0.472 e. The van der Waals surface area contributed by atoms with Crippen LogP contribution in [0.5, 0.6) is 0 Å². The molecule has 0 aromatic rings. The lowest BCUT2D eigenvalue weighted by molar-refractivity contribution is -0.161. The van der Waals surface area contributed by atoms with Crippen LogP contribution in [0.25, 0.3) is 0 Å². The highest BCUT2D eigenvalue weighted by Crippen LogP contribution is 2.45. The van der Waals surface area contributed by atoms with Gasteiger partial charge in [0.1, 0.15) is 25.4 Å². The quantitative estimate of drug-likeness (QED) is 0.0146. The second-order valence-corrected chi connectivity index (χ2v) is 27.3. The van der Waals surface area contributed by atoms with E-state index in [4.69, 9.17) is 32.3 Å². The second kappa shape index (κ2) is 68.4. The Bertz CT molecular complexity index is 2080. The van der Waals surface area contributed by atoms with Gasteiger partial charge < -0.3 is 34.2 Å². The lowest BCUT2D eigenvalue weighted by Gasteiger charge is -2.21. The Hall–Kier alpha value is -3.53. The van der Waals surface area contributed by atoms with Crippen molar-refractivity contribution >= 4 is 33.6 Å². The van der Waals surface area contributed by atoms with Gasteiger partial charge in [0.25, 0.3) is 0 Å². The van der Waals surface area contributed by atoms with E-state index in [0.717, 1.165) is 128 Å². The van der Waals surface area contributed by atoms with Crippen LogP contribution in [0.4, 0.5) is 0 Å². The fraction of sp³-hybridized carbons (Fsp3) is 0.747. The zero-order valence-corrected chi connectivity index (χ0v) is 60.2. The van der Waals surface area contributed by atoms with Crippen LogP contribution in [0, 0.1) is 0 Å². The molecule has 0 saturated carbocycles. The first-order valence-electron chi connectivity index (χ1n) is 36.5. The van der Waals surface area contributed by atoms with Crippen molar-refractivity contribution in [2.45, 2.75) is 322 Å². The average Bonchev–Trinajstić information content (AvgIpc) is 3.71. The van der Waals surface area contributed by atoms with Crippen LogP contribution < -0.4 is 0 Å². The number of aliphatic hydroxyl groups is 2. The fourth-order valence-electron chi connectivity index (χ4n) is 9.66. The number of esters is 3. The number of hydrogen-bond acceptors (Lipinski definition) is 14. The minimum Gasteiger partial charge on any atom is -0.463 e. The number of carbonyl (C=O) groups excluding carboxylic acids is 3. The molecule has 0 aromatic carbocycles. The van der Waals surface area contributed by atoms with Gasteiger partial charge in [-0.05, 0) is 109 Å². The summed E-state index contributed by atoms with van der Waals surface area (Å²) in [4.78, 5) is 58.5. The second-order valence-electron chi connectivity index (χ2n) is 24.4. The van der Waals surface area contributed by atoms with Gasteiger partial charge in [-0.25, -0.2) is 9.13 Å². The Morgan fingerprint density at radius 2 is 0.538 bits per heavy atom. The molecule has 16 nitrogen and oxygen atoms in total. The number of rotatable bonds is 69. The van der Waals surface area contributed by atoms with Crippen molar-refractivity contribution in [1.29, 1.82) is 0 Å². The predicted octanol–water partition coefficient (Wildman–Crippen LogP) is 20.6. The summed E-state index contributed by atoms with van der Waals surface area (Å²) in [6.07, 6.45) is 75.8.